The van der Waals surface area contributed by atoms with Crippen LogP contribution in [0.15, 0.2) is 42.5 Å². The van der Waals surface area contributed by atoms with Crippen LogP contribution in [0.1, 0.15) is 29.8 Å². The molecule has 1 heterocycles. The average molecular weight is 490 g/mol. The highest BCUT2D eigenvalue weighted by molar-refractivity contribution is 5.91. The summed E-state index contributed by atoms with van der Waals surface area (Å²) in [6, 6.07) is 8.44. The Morgan fingerprint density at radius 2 is 1.34 bits per heavy atom. The van der Waals surface area contributed by atoms with Crippen molar-refractivity contribution in [2.75, 3.05) is 6.61 Å². The Morgan fingerprint density at radius 3 is 1.89 bits per heavy atom. The summed E-state index contributed by atoms with van der Waals surface area (Å²) in [4.78, 5) is 12.1. The summed E-state index contributed by atoms with van der Waals surface area (Å²) >= 11 is 0. The standard InChI is InChI=1S/C16H14O8.C6H6O3.C2H6/c17-8-3-11(18)10-5-9(6-23-14(10)4-8)24-16(22)7-1-12(19)15(21)13(20)2-7;7-4-2-1-3-5(8)6(4)9;1-2/h1-4,9,17-21H,5-6H2;1-3,7-9H;1-2H3. The van der Waals surface area contributed by atoms with E-state index in [2.05, 4.69) is 0 Å². The Hall–Kier alpha value is -4.67. The van der Waals surface area contributed by atoms with Gasteiger partial charge in [-0.25, -0.2) is 4.79 Å². The first-order chi connectivity index (χ1) is 16.6. The van der Waals surface area contributed by atoms with Crippen molar-refractivity contribution in [1.29, 1.82) is 0 Å². The fraction of sp³-hybridized carbons (Fsp3) is 0.208. The van der Waals surface area contributed by atoms with E-state index in [0.717, 1.165) is 18.2 Å². The monoisotopic (exact) mass is 490 g/mol. The number of esters is 1. The molecule has 0 radical (unpaired) electrons. The van der Waals surface area contributed by atoms with Crippen LogP contribution in [0, 0.1) is 0 Å². The number of para-hydroxylation sites is 1. The molecular weight excluding hydrogens is 464 g/mol. The van der Waals surface area contributed by atoms with Crippen LogP contribution < -0.4 is 4.74 Å². The van der Waals surface area contributed by atoms with Gasteiger partial charge in [0.1, 0.15) is 30.0 Å². The number of ether oxygens (including phenoxy) is 2. The number of carbonyl (C=O) groups excluding carboxylic acids is 1. The number of phenols is 8. The first-order valence-corrected chi connectivity index (χ1v) is 10.4. The number of hydrogen-bond acceptors (Lipinski definition) is 11. The number of fused-ring (bicyclic) bond motifs is 1. The van der Waals surface area contributed by atoms with E-state index in [1.165, 1.54) is 24.3 Å². The number of aromatic hydroxyl groups is 8. The second-order valence-electron chi connectivity index (χ2n) is 6.99. The third-order valence-electron chi connectivity index (χ3n) is 4.60. The highest BCUT2D eigenvalue weighted by Gasteiger charge is 2.27. The van der Waals surface area contributed by atoms with Gasteiger partial charge in [-0.2, -0.15) is 0 Å². The summed E-state index contributed by atoms with van der Waals surface area (Å²) in [5, 5.41) is 73.5. The van der Waals surface area contributed by atoms with E-state index in [-0.39, 0.29) is 41.6 Å². The van der Waals surface area contributed by atoms with Crippen molar-refractivity contribution in [3.63, 3.8) is 0 Å². The summed E-state index contributed by atoms with van der Waals surface area (Å²) in [6.07, 6.45) is -0.540. The minimum absolute atomic E-state index is 0.0116. The first kappa shape index (κ1) is 26.6. The topological polar surface area (TPSA) is 197 Å². The predicted molar refractivity (Wildman–Crippen MR) is 122 cm³/mol. The van der Waals surface area contributed by atoms with E-state index in [1.807, 2.05) is 13.8 Å². The molecule has 0 bridgehead atoms. The predicted octanol–water partition coefficient (Wildman–Crippen LogP) is 3.20. The quantitative estimate of drug-likeness (QED) is 0.194. The van der Waals surface area contributed by atoms with E-state index in [0.29, 0.717) is 11.3 Å². The highest BCUT2D eigenvalue weighted by atomic mass is 16.6. The molecule has 35 heavy (non-hydrogen) atoms. The Morgan fingerprint density at radius 1 is 0.800 bits per heavy atom. The van der Waals surface area contributed by atoms with Crippen molar-refractivity contribution < 1.29 is 55.1 Å². The van der Waals surface area contributed by atoms with Crippen LogP contribution in [-0.2, 0) is 11.2 Å². The molecular formula is C24H26O11. The molecule has 0 fully saturated rings. The fourth-order valence-corrected chi connectivity index (χ4v) is 2.96. The Bertz CT molecular complexity index is 1150. The average Bonchev–Trinajstić information content (AvgIpc) is 2.82. The van der Waals surface area contributed by atoms with Gasteiger partial charge in [0.25, 0.3) is 0 Å². The maximum Gasteiger partial charge on any atom is 0.338 e. The number of hydrogen-bond donors (Lipinski definition) is 8. The lowest BCUT2D eigenvalue weighted by atomic mass is 10.0. The molecule has 4 rings (SSSR count). The second kappa shape index (κ2) is 11.5. The molecule has 8 N–H and O–H groups in total. The molecule has 0 aromatic heterocycles. The van der Waals surface area contributed by atoms with Gasteiger partial charge >= 0.3 is 5.97 Å². The Balaban J connectivity index is 0.000000329. The molecule has 11 nitrogen and oxygen atoms in total. The van der Waals surface area contributed by atoms with Gasteiger partial charge in [-0.05, 0) is 24.3 Å². The smallest absolute Gasteiger partial charge is 0.338 e. The van der Waals surface area contributed by atoms with Crippen LogP contribution in [0.4, 0.5) is 0 Å². The van der Waals surface area contributed by atoms with Gasteiger partial charge in [0.15, 0.2) is 34.5 Å². The first-order valence-electron chi connectivity index (χ1n) is 10.4. The SMILES string of the molecule is CC.O=C(OC1COc2cc(O)cc(O)c2C1)c1cc(O)c(O)c(O)c1.Oc1cccc(O)c1O. The summed E-state index contributed by atoms with van der Waals surface area (Å²) in [7, 11) is 0. The van der Waals surface area contributed by atoms with Crippen molar-refractivity contribution in [1.82, 2.24) is 0 Å². The van der Waals surface area contributed by atoms with Crippen LogP contribution in [-0.4, -0.2) is 59.5 Å². The van der Waals surface area contributed by atoms with Gasteiger partial charge in [-0.15, -0.1) is 0 Å². The van der Waals surface area contributed by atoms with Crippen molar-refractivity contribution in [2.45, 2.75) is 26.4 Å². The van der Waals surface area contributed by atoms with E-state index < -0.39 is 35.1 Å². The van der Waals surface area contributed by atoms with E-state index >= 15 is 0 Å². The zero-order valence-corrected chi connectivity index (χ0v) is 18.8. The van der Waals surface area contributed by atoms with Crippen molar-refractivity contribution >= 4 is 5.97 Å². The normalized spacial score (nSPS) is 13.6. The molecule has 11 heteroatoms. The summed E-state index contributed by atoms with van der Waals surface area (Å²) in [6.45, 7) is 4.01. The number of phenolic OH excluding ortho intramolecular Hbond substituents is 8. The molecule has 1 aliphatic heterocycles. The number of benzene rings is 3. The fourth-order valence-electron chi connectivity index (χ4n) is 2.96. The van der Waals surface area contributed by atoms with Crippen LogP contribution in [0.2, 0.25) is 0 Å². The van der Waals surface area contributed by atoms with Crippen LogP contribution in [0.3, 0.4) is 0 Å². The third-order valence-corrected chi connectivity index (χ3v) is 4.60. The van der Waals surface area contributed by atoms with Gasteiger partial charge in [-0.1, -0.05) is 19.9 Å². The van der Waals surface area contributed by atoms with E-state index in [9.17, 15) is 30.3 Å². The maximum absolute atomic E-state index is 12.1. The highest BCUT2D eigenvalue weighted by Crippen LogP contribution is 2.38. The molecule has 3 aromatic rings. The third kappa shape index (κ3) is 6.44. The van der Waals surface area contributed by atoms with Crippen molar-refractivity contribution in [3.05, 3.63) is 53.6 Å². The van der Waals surface area contributed by atoms with Gasteiger partial charge in [0.05, 0.1) is 5.56 Å². The lowest BCUT2D eigenvalue weighted by molar-refractivity contribution is 0.0127. The molecule has 1 aliphatic rings. The van der Waals surface area contributed by atoms with E-state index in [4.69, 9.17) is 24.8 Å². The van der Waals surface area contributed by atoms with Crippen LogP contribution in [0.5, 0.6) is 51.7 Å². The Kier molecular flexibility index (Phi) is 8.70. The van der Waals surface area contributed by atoms with Gasteiger partial charge < -0.3 is 50.3 Å². The van der Waals surface area contributed by atoms with Gasteiger partial charge in [0.2, 0.25) is 0 Å². The molecule has 3 aromatic carbocycles. The van der Waals surface area contributed by atoms with Crippen LogP contribution >= 0.6 is 0 Å². The van der Waals surface area contributed by atoms with Crippen molar-refractivity contribution in [2.24, 2.45) is 0 Å². The molecule has 188 valence electrons. The zero-order valence-electron chi connectivity index (χ0n) is 18.8. The molecule has 1 unspecified atom stereocenters. The molecule has 1 atom stereocenters. The molecule has 0 saturated heterocycles. The van der Waals surface area contributed by atoms with Gasteiger partial charge in [0, 0.05) is 24.1 Å². The zero-order chi connectivity index (χ0) is 26.3. The number of rotatable bonds is 2. The molecule has 0 spiro atoms. The molecule has 0 aliphatic carbocycles. The lowest BCUT2D eigenvalue weighted by Gasteiger charge is -2.26. The molecule has 0 amide bonds. The Labute approximate surface area is 199 Å². The minimum Gasteiger partial charge on any atom is -0.508 e. The summed E-state index contributed by atoms with van der Waals surface area (Å²) in [5.74, 6) is -3.98. The van der Waals surface area contributed by atoms with Gasteiger partial charge in [-0.3, -0.25) is 0 Å². The molecule has 0 saturated carbocycles. The van der Waals surface area contributed by atoms with E-state index in [1.54, 1.807) is 0 Å². The van der Waals surface area contributed by atoms with Crippen molar-refractivity contribution in [3.8, 4) is 51.7 Å². The number of carbonyl (C=O) groups is 1. The second-order valence-corrected chi connectivity index (χ2v) is 6.99. The summed E-state index contributed by atoms with van der Waals surface area (Å²) < 4.78 is 10.6. The largest absolute Gasteiger partial charge is 0.508 e. The minimum atomic E-state index is -0.837. The lowest BCUT2D eigenvalue weighted by Crippen LogP contribution is -2.31. The summed E-state index contributed by atoms with van der Waals surface area (Å²) in [5.41, 5.74) is 0.247. The maximum atomic E-state index is 12.1. The van der Waals surface area contributed by atoms with Crippen LogP contribution in [0.25, 0.3) is 0 Å².